The third-order valence-corrected chi connectivity index (χ3v) is 5.78. The standard InChI is InChI=1S/C24H25N5O/c30-24(18-9-10-18)29-15-5-4-8-21(29)23-27-20(17-11-13-25-14-12-17)16-22(28-23)26-19-6-2-1-3-7-19/h1-3,6-7,11-14,16,18,21H,4-5,8-10,15H2,(H,26,27,28). The molecule has 2 fully saturated rings. The van der Waals surface area contributed by atoms with Crippen LogP contribution in [0.3, 0.4) is 0 Å². The van der Waals surface area contributed by atoms with Gasteiger partial charge in [-0.2, -0.15) is 0 Å². The molecule has 1 aromatic carbocycles. The second-order valence-corrected chi connectivity index (χ2v) is 8.04. The summed E-state index contributed by atoms with van der Waals surface area (Å²) in [5.74, 6) is 1.94. The molecule has 2 aliphatic rings. The van der Waals surface area contributed by atoms with Crippen LogP contribution in [0.25, 0.3) is 11.3 Å². The van der Waals surface area contributed by atoms with Crippen LogP contribution >= 0.6 is 0 Å². The Labute approximate surface area is 176 Å². The minimum atomic E-state index is -0.0649. The van der Waals surface area contributed by atoms with E-state index in [-0.39, 0.29) is 17.9 Å². The summed E-state index contributed by atoms with van der Waals surface area (Å²) in [6, 6.07) is 15.8. The summed E-state index contributed by atoms with van der Waals surface area (Å²) in [6.07, 6.45) is 8.61. The van der Waals surface area contributed by atoms with Crippen molar-refractivity contribution in [1.29, 1.82) is 0 Å². The molecule has 5 rings (SSSR count). The first-order chi connectivity index (χ1) is 14.8. The smallest absolute Gasteiger partial charge is 0.226 e. The molecule has 2 aromatic heterocycles. The Morgan fingerprint density at radius 2 is 1.77 bits per heavy atom. The van der Waals surface area contributed by atoms with Gasteiger partial charge in [-0.3, -0.25) is 9.78 Å². The highest BCUT2D eigenvalue weighted by molar-refractivity contribution is 5.81. The van der Waals surface area contributed by atoms with Crippen LogP contribution < -0.4 is 5.32 Å². The van der Waals surface area contributed by atoms with Gasteiger partial charge >= 0.3 is 0 Å². The highest BCUT2D eigenvalue weighted by Gasteiger charge is 2.38. The van der Waals surface area contributed by atoms with E-state index in [9.17, 15) is 4.79 Å². The Morgan fingerprint density at radius 1 is 0.967 bits per heavy atom. The van der Waals surface area contributed by atoms with E-state index in [1.54, 1.807) is 12.4 Å². The predicted molar refractivity (Wildman–Crippen MR) is 116 cm³/mol. The average Bonchev–Trinajstić information content (AvgIpc) is 3.65. The number of carbonyl (C=O) groups is 1. The summed E-state index contributed by atoms with van der Waals surface area (Å²) in [5.41, 5.74) is 2.79. The fraction of sp³-hybridized carbons (Fsp3) is 0.333. The largest absolute Gasteiger partial charge is 0.340 e. The summed E-state index contributed by atoms with van der Waals surface area (Å²) >= 11 is 0. The first-order valence-corrected chi connectivity index (χ1v) is 10.7. The lowest BCUT2D eigenvalue weighted by molar-refractivity contribution is -0.136. The van der Waals surface area contributed by atoms with Gasteiger partial charge in [0.1, 0.15) is 5.82 Å². The summed E-state index contributed by atoms with van der Waals surface area (Å²) in [7, 11) is 0. The number of hydrogen-bond acceptors (Lipinski definition) is 5. The molecule has 1 atom stereocenters. The molecule has 1 aliphatic carbocycles. The van der Waals surface area contributed by atoms with Crippen molar-refractivity contribution >= 4 is 17.4 Å². The molecular formula is C24H25N5O. The first kappa shape index (κ1) is 18.7. The topological polar surface area (TPSA) is 71.0 Å². The summed E-state index contributed by atoms with van der Waals surface area (Å²) in [5, 5.41) is 3.40. The van der Waals surface area contributed by atoms with Crippen molar-refractivity contribution in [1.82, 2.24) is 19.9 Å². The number of amides is 1. The molecule has 1 saturated carbocycles. The molecule has 0 bridgehead atoms. The minimum absolute atomic E-state index is 0.0649. The predicted octanol–water partition coefficient (Wildman–Crippen LogP) is 4.75. The van der Waals surface area contributed by atoms with Gasteiger partial charge in [-0.15, -0.1) is 0 Å². The fourth-order valence-electron chi connectivity index (χ4n) is 4.05. The van der Waals surface area contributed by atoms with Crippen LogP contribution in [0.5, 0.6) is 0 Å². The molecule has 152 valence electrons. The van der Waals surface area contributed by atoms with Crippen LogP contribution in [0, 0.1) is 5.92 Å². The molecule has 3 heterocycles. The van der Waals surface area contributed by atoms with E-state index >= 15 is 0 Å². The zero-order valence-corrected chi connectivity index (χ0v) is 16.9. The number of para-hydroxylation sites is 1. The van der Waals surface area contributed by atoms with Crippen LogP contribution in [0.1, 0.15) is 44.0 Å². The molecule has 1 unspecified atom stereocenters. The van der Waals surface area contributed by atoms with Gasteiger partial charge in [0.15, 0.2) is 5.82 Å². The molecular weight excluding hydrogens is 374 g/mol. The van der Waals surface area contributed by atoms with E-state index in [0.29, 0.717) is 0 Å². The number of benzene rings is 1. The Hall–Kier alpha value is -3.28. The molecule has 30 heavy (non-hydrogen) atoms. The van der Waals surface area contributed by atoms with Crippen molar-refractivity contribution in [2.75, 3.05) is 11.9 Å². The van der Waals surface area contributed by atoms with E-state index in [1.807, 2.05) is 53.4 Å². The van der Waals surface area contributed by atoms with Gasteiger partial charge in [0.25, 0.3) is 0 Å². The van der Waals surface area contributed by atoms with Crippen molar-refractivity contribution in [3.05, 3.63) is 66.7 Å². The molecule has 6 nitrogen and oxygen atoms in total. The molecule has 6 heteroatoms. The lowest BCUT2D eigenvalue weighted by atomic mass is 10.00. The van der Waals surface area contributed by atoms with Crippen LogP contribution in [-0.2, 0) is 4.79 Å². The normalized spacial score (nSPS) is 18.8. The lowest BCUT2D eigenvalue weighted by Crippen LogP contribution is -2.40. The van der Waals surface area contributed by atoms with E-state index in [2.05, 4.69) is 10.3 Å². The van der Waals surface area contributed by atoms with E-state index in [4.69, 9.17) is 9.97 Å². The van der Waals surface area contributed by atoms with Crippen molar-refractivity contribution in [2.45, 2.75) is 38.1 Å². The summed E-state index contributed by atoms with van der Waals surface area (Å²) in [6.45, 7) is 0.796. The van der Waals surface area contributed by atoms with Crippen LogP contribution in [0.2, 0.25) is 0 Å². The maximum Gasteiger partial charge on any atom is 0.226 e. The number of nitrogens with one attached hydrogen (secondary N) is 1. The molecule has 1 aliphatic heterocycles. The van der Waals surface area contributed by atoms with Crippen molar-refractivity contribution in [3.8, 4) is 11.3 Å². The number of aromatic nitrogens is 3. The summed E-state index contributed by atoms with van der Waals surface area (Å²) in [4.78, 5) is 28.8. The highest BCUT2D eigenvalue weighted by Crippen LogP contribution is 2.38. The Morgan fingerprint density at radius 3 is 2.53 bits per heavy atom. The van der Waals surface area contributed by atoms with Crippen LogP contribution in [0.15, 0.2) is 60.9 Å². The molecule has 1 saturated heterocycles. The lowest BCUT2D eigenvalue weighted by Gasteiger charge is -2.35. The van der Waals surface area contributed by atoms with Gasteiger partial charge in [-0.05, 0) is 56.4 Å². The maximum atomic E-state index is 12.9. The van der Waals surface area contributed by atoms with Gasteiger partial charge in [-0.25, -0.2) is 9.97 Å². The second-order valence-electron chi connectivity index (χ2n) is 8.04. The Balaban J connectivity index is 1.54. The van der Waals surface area contributed by atoms with Gasteiger partial charge in [0.2, 0.25) is 5.91 Å². The fourth-order valence-corrected chi connectivity index (χ4v) is 4.05. The zero-order valence-electron chi connectivity index (χ0n) is 16.9. The first-order valence-electron chi connectivity index (χ1n) is 10.7. The molecule has 0 radical (unpaired) electrons. The summed E-state index contributed by atoms with van der Waals surface area (Å²) < 4.78 is 0. The highest BCUT2D eigenvalue weighted by atomic mass is 16.2. The van der Waals surface area contributed by atoms with E-state index < -0.39 is 0 Å². The molecule has 3 aromatic rings. The Bertz CT molecular complexity index is 1020. The second kappa shape index (κ2) is 8.22. The van der Waals surface area contributed by atoms with Crippen molar-refractivity contribution < 1.29 is 4.79 Å². The van der Waals surface area contributed by atoms with Crippen molar-refractivity contribution in [2.24, 2.45) is 5.92 Å². The molecule has 1 amide bonds. The number of hydrogen-bond donors (Lipinski definition) is 1. The van der Waals surface area contributed by atoms with E-state index in [0.717, 1.165) is 67.2 Å². The van der Waals surface area contributed by atoms with Gasteiger partial charge < -0.3 is 10.2 Å². The number of rotatable bonds is 5. The Kier molecular flexibility index (Phi) is 5.13. The van der Waals surface area contributed by atoms with Gasteiger partial charge in [0, 0.05) is 42.2 Å². The van der Waals surface area contributed by atoms with Crippen LogP contribution in [-0.4, -0.2) is 32.3 Å². The number of anilines is 2. The SMILES string of the molecule is O=C(C1CC1)N1CCCCC1c1nc(Nc2ccccc2)cc(-c2ccncc2)n1. The third-order valence-electron chi connectivity index (χ3n) is 5.78. The number of carbonyl (C=O) groups excluding carboxylic acids is 1. The number of piperidine rings is 1. The quantitative estimate of drug-likeness (QED) is 0.671. The zero-order chi connectivity index (χ0) is 20.3. The van der Waals surface area contributed by atoms with E-state index in [1.165, 1.54) is 0 Å². The maximum absolute atomic E-state index is 12.9. The number of likely N-dealkylation sites (tertiary alicyclic amines) is 1. The van der Waals surface area contributed by atoms with Crippen molar-refractivity contribution in [3.63, 3.8) is 0 Å². The number of pyridine rings is 1. The number of nitrogens with zero attached hydrogens (tertiary/aromatic N) is 4. The monoisotopic (exact) mass is 399 g/mol. The minimum Gasteiger partial charge on any atom is -0.340 e. The van der Waals surface area contributed by atoms with Gasteiger partial charge in [-0.1, -0.05) is 18.2 Å². The van der Waals surface area contributed by atoms with Gasteiger partial charge in [0.05, 0.1) is 11.7 Å². The third kappa shape index (κ3) is 4.03. The molecule has 0 spiro atoms. The van der Waals surface area contributed by atoms with Crippen LogP contribution in [0.4, 0.5) is 11.5 Å². The average molecular weight is 399 g/mol. The molecule has 1 N–H and O–H groups in total.